The third-order valence-corrected chi connectivity index (χ3v) is 7.25. The largest absolute Gasteiger partial charge is 0.489 e. The first-order chi connectivity index (χ1) is 13.6. The number of hydrogen-bond donors (Lipinski definition) is 0. The number of rotatable bonds is 5. The fraction of sp³-hybridized carbons (Fsp3) is 0.480. The summed E-state index contributed by atoms with van der Waals surface area (Å²) in [5.74, 6) is 3.17. The van der Waals surface area contributed by atoms with Crippen molar-refractivity contribution in [2.24, 2.45) is 17.8 Å². The van der Waals surface area contributed by atoms with E-state index in [9.17, 15) is 4.79 Å². The maximum absolute atomic E-state index is 12.1. The van der Waals surface area contributed by atoms with Gasteiger partial charge in [0.2, 0.25) is 0 Å². The lowest BCUT2D eigenvalue weighted by Crippen LogP contribution is -2.48. The SMILES string of the molecule is COC(=O)c1ccc(C23CC4CC(CC(C4)C2)C3)c(OCc2ccccc2)c1. The Kier molecular flexibility index (Phi) is 4.41. The van der Waals surface area contributed by atoms with Crippen LogP contribution in [0.3, 0.4) is 0 Å². The second kappa shape index (κ2) is 6.95. The third-order valence-electron chi connectivity index (χ3n) is 7.25. The molecule has 0 spiro atoms. The van der Waals surface area contributed by atoms with Crippen LogP contribution in [0.5, 0.6) is 5.75 Å². The molecule has 0 N–H and O–H groups in total. The number of ether oxygens (including phenoxy) is 2. The first-order valence-corrected chi connectivity index (χ1v) is 10.5. The Morgan fingerprint density at radius 3 is 2.21 bits per heavy atom. The van der Waals surface area contributed by atoms with Gasteiger partial charge in [-0.2, -0.15) is 0 Å². The molecule has 4 aliphatic rings. The number of benzene rings is 2. The highest BCUT2D eigenvalue weighted by atomic mass is 16.5. The van der Waals surface area contributed by atoms with Gasteiger partial charge in [0, 0.05) is 5.56 Å². The highest BCUT2D eigenvalue weighted by Crippen LogP contribution is 2.61. The number of hydrogen-bond acceptors (Lipinski definition) is 3. The fourth-order valence-corrected chi connectivity index (χ4v) is 6.50. The van der Waals surface area contributed by atoms with Gasteiger partial charge in [-0.05, 0) is 79.4 Å². The molecule has 3 heteroatoms. The summed E-state index contributed by atoms with van der Waals surface area (Å²) >= 11 is 0. The molecule has 0 aromatic heterocycles. The van der Waals surface area contributed by atoms with Crippen molar-refractivity contribution >= 4 is 5.97 Å². The summed E-state index contributed by atoms with van der Waals surface area (Å²) in [4.78, 5) is 12.1. The average Bonchev–Trinajstić information content (AvgIpc) is 2.71. The molecule has 0 saturated heterocycles. The van der Waals surface area contributed by atoms with Crippen molar-refractivity contribution in [1.82, 2.24) is 0 Å². The van der Waals surface area contributed by atoms with E-state index in [1.807, 2.05) is 30.3 Å². The van der Waals surface area contributed by atoms with E-state index in [0.717, 1.165) is 29.1 Å². The van der Waals surface area contributed by atoms with Crippen LogP contribution >= 0.6 is 0 Å². The predicted octanol–water partition coefficient (Wildman–Crippen LogP) is 5.52. The summed E-state index contributed by atoms with van der Waals surface area (Å²) in [6.45, 7) is 0.519. The van der Waals surface area contributed by atoms with Crippen molar-refractivity contribution < 1.29 is 14.3 Å². The molecular formula is C25H28O3. The van der Waals surface area contributed by atoms with E-state index in [-0.39, 0.29) is 11.4 Å². The molecule has 0 aliphatic heterocycles. The van der Waals surface area contributed by atoms with E-state index in [1.165, 1.54) is 51.2 Å². The third kappa shape index (κ3) is 3.11. The molecule has 0 amide bonds. The minimum Gasteiger partial charge on any atom is -0.489 e. The molecule has 0 unspecified atom stereocenters. The fourth-order valence-electron chi connectivity index (χ4n) is 6.50. The van der Waals surface area contributed by atoms with Gasteiger partial charge in [0.05, 0.1) is 12.7 Å². The van der Waals surface area contributed by atoms with Gasteiger partial charge >= 0.3 is 5.97 Å². The Balaban J connectivity index is 1.50. The van der Waals surface area contributed by atoms with E-state index < -0.39 is 0 Å². The van der Waals surface area contributed by atoms with Gasteiger partial charge in [-0.25, -0.2) is 4.79 Å². The van der Waals surface area contributed by atoms with Crippen LogP contribution in [0.2, 0.25) is 0 Å². The molecule has 0 radical (unpaired) electrons. The molecule has 146 valence electrons. The zero-order valence-corrected chi connectivity index (χ0v) is 16.5. The maximum atomic E-state index is 12.1. The molecular weight excluding hydrogens is 348 g/mol. The monoisotopic (exact) mass is 376 g/mol. The van der Waals surface area contributed by atoms with E-state index >= 15 is 0 Å². The Hall–Kier alpha value is -2.29. The van der Waals surface area contributed by atoms with Crippen LogP contribution in [-0.4, -0.2) is 13.1 Å². The zero-order chi connectivity index (χ0) is 19.1. The van der Waals surface area contributed by atoms with Crippen LogP contribution < -0.4 is 4.74 Å². The summed E-state index contributed by atoms with van der Waals surface area (Å²) in [6, 6.07) is 16.2. The quantitative estimate of drug-likeness (QED) is 0.645. The molecule has 0 heterocycles. The summed E-state index contributed by atoms with van der Waals surface area (Å²) in [7, 11) is 1.43. The van der Waals surface area contributed by atoms with Crippen LogP contribution in [0.1, 0.15) is 60.0 Å². The van der Waals surface area contributed by atoms with Crippen molar-refractivity contribution in [2.75, 3.05) is 7.11 Å². The van der Waals surface area contributed by atoms with Crippen molar-refractivity contribution in [3.63, 3.8) is 0 Å². The van der Waals surface area contributed by atoms with E-state index in [0.29, 0.717) is 12.2 Å². The maximum Gasteiger partial charge on any atom is 0.337 e. The second-order valence-electron chi connectivity index (χ2n) is 9.17. The number of carbonyl (C=O) groups is 1. The molecule has 2 aromatic rings. The van der Waals surface area contributed by atoms with Gasteiger partial charge < -0.3 is 9.47 Å². The van der Waals surface area contributed by atoms with Crippen molar-refractivity contribution in [3.8, 4) is 5.75 Å². The van der Waals surface area contributed by atoms with Gasteiger partial charge in [0.15, 0.2) is 0 Å². The lowest BCUT2D eigenvalue weighted by molar-refractivity contribution is -0.00650. The van der Waals surface area contributed by atoms with Gasteiger partial charge in [0.25, 0.3) is 0 Å². The van der Waals surface area contributed by atoms with E-state index in [2.05, 4.69) is 18.2 Å². The predicted molar refractivity (Wildman–Crippen MR) is 108 cm³/mol. The van der Waals surface area contributed by atoms with Crippen molar-refractivity contribution in [2.45, 2.75) is 50.5 Å². The van der Waals surface area contributed by atoms with Gasteiger partial charge in [-0.1, -0.05) is 36.4 Å². The summed E-state index contributed by atoms with van der Waals surface area (Å²) in [5.41, 5.74) is 3.26. The van der Waals surface area contributed by atoms with Crippen LogP contribution in [-0.2, 0) is 16.8 Å². The Morgan fingerprint density at radius 1 is 0.964 bits per heavy atom. The first kappa shape index (κ1) is 17.8. The Morgan fingerprint density at radius 2 is 1.61 bits per heavy atom. The van der Waals surface area contributed by atoms with Crippen LogP contribution in [0, 0.1) is 17.8 Å². The standard InChI is InChI=1S/C25H28O3/c1-27-24(26)21-7-8-22(23(12-21)28-16-17-5-3-2-4-6-17)25-13-18-9-19(14-25)11-20(10-18)15-25/h2-8,12,18-20H,9-11,13-16H2,1H3. The minimum absolute atomic E-state index is 0.232. The lowest BCUT2D eigenvalue weighted by Gasteiger charge is -2.57. The second-order valence-corrected chi connectivity index (χ2v) is 9.17. The Bertz CT molecular complexity index is 835. The normalized spacial score (nSPS) is 30.2. The van der Waals surface area contributed by atoms with Gasteiger partial charge in [-0.3, -0.25) is 0 Å². The molecule has 4 bridgehead atoms. The van der Waals surface area contributed by atoms with E-state index in [1.54, 1.807) is 0 Å². The molecule has 3 nitrogen and oxygen atoms in total. The minimum atomic E-state index is -0.304. The molecule has 2 aromatic carbocycles. The highest BCUT2D eigenvalue weighted by molar-refractivity contribution is 5.90. The van der Waals surface area contributed by atoms with Crippen LogP contribution in [0.25, 0.3) is 0 Å². The highest BCUT2D eigenvalue weighted by Gasteiger charge is 2.52. The smallest absolute Gasteiger partial charge is 0.337 e. The van der Waals surface area contributed by atoms with E-state index in [4.69, 9.17) is 9.47 Å². The molecule has 28 heavy (non-hydrogen) atoms. The number of carbonyl (C=O) groups excluding carboxylic acids is 1. The van der Waals surface area contributed by atoms with Crippen LogP contribution in [0.4, 0.5) is 0 Å². The Labute approximate surface area is 167 Å². The lowest BCUT2D eigenvalue weighted by atomic mass is 9.48. The molecule has 6 rings (SSSR count). The van der Waals surface area contributed by atoms with Gasteiger partial charge in [0.1, 0.15) is 12.4 Å². The summed E-state index contributed by atoms with van der Waals surface area (Å²) in [6.07, 6.45) is 8.08. The molecule has 0 atom stereocenters. The molecule has 4 saturated carbocycles. The summed E-state index contributed by atoms with van der Waals surface area (Å²) < 4.78 is 11.3. The topological polar surface area (TPSA) is 35.5 Å². The van der Waals surface area contributed by atoms with Crippen LogP contribution in [0.15, 0.2) is 48.5 Å². The molecule has 4 fully saturated rings. The first-order valence-electron chi connectivity index (χ1n) is 10.5. The number of esters is 1. The number of methoxy groups -OCH3 is 1. The molecule has 4 aliphatic carbocycles. The zero-order valence-electron chi connectivity index (χ0n) is 16.5. The van der Waals surface area contributed by atoms with Crippen molar-refractivity contribution in [3.05, 3.63) is 65.2 Å². The average molecular weight is 376 g/mol. The summed E-state index contributed by atoms with van der Waals surface area (Å²) in [5, 5.41) is 0. The van der Waals surface area contributed by atoms with Gasteiger partial charge in [-0.15, -0.1) is 0 Å². The van der Waals surface area contributed by atoms with Crippen molar-refractivity contribution in [1.29, 1.82) is 0 Å².